The molecule has 1 amide bonds. The molecule has 6 nitrogen and oxygen atoms in total. The molecule has 0 radical (unpaired) electrons. The molecule has 3 rings (SSSR count). The number of hydrogen-bond donors (Lipinski definition) is 2. The van der Waals surface area contributed by atoms with E-state index in [4.69, 9.17) is 4.74 Å². The summed E-state index contributed by atoms with van der Waals surface area (Å²) < 4.78 is 5.75. The van der Waals surface area contributed by atoms with Gasteiger partial charge in [0.25, 0.3) is 5.91 Å². The van der Waals surface area contributed by atoms with Crippen LogP contribution in [0.25, 0.3) is 0 Å². The minimum atomic E-state index is -0.262. The van der Waals surface area contributed by atoms with E-state index in [2.05, 4.69) is 15.6 Å². The van der Waals surface area contributed by atoms with Gasteiger partial charge in [0.2, 0.25) is 0 Å². The zero-order chi connectivity index (χ0) is 20.8. The number of carbonyl (C=O) groups is 2. The van der Waals surface area contributed by atoms with E-state index in [1.165, 1.54) is 6.92 Å². The minimum absolute atomic E-state index is 0.000768. The van der Waals surface area contributed by atoms with Gasteiger partial charge >= 0.3 is 0 Å². The van der Waals surface area contributed by atoms with Crippen LogP contribution in [0.5, 0.6) is 5.75 Å². The summed E-state index contributed by atoms with van der Waals surface area (Å²) >= 11 is 0. The maximum atomic E-state index is 12.7. The van der Waals surface area contributed by atoms with Crippen LogP contribution in [0.15, 0.2) is 66.9 Å². The van der Waals surface area contributed by atoms with E-state index in [1.54, 1.807) is 48.7 Å². The van der Waals surface area contributed by atoms with E-state index in [0.29, 0.717) is 28.4 Å². The minimum Gasteiger partial charge on any atom is -0.489 e. The monoisotopic (exact) mass is 389 g/mol. The van der Waals surface area contributed by atoms with Gasteiger partial charge in [0.05, 0.1) is 11.8 Å². The molecule has 148 valence electrons. The number of ketones is 1. The zero-order valence-electron chi connectivity index (χ0n) is 16.6. The molecule has 1 aromatic heterocycles. The number of amides is 1. The van der Waals surface area contributed by atoms with Crippen molar-refractivity contribution in [1.82, 2.24) is 4.98 Å². The van der Waals surface area contributed by atoms with Crippen molar-refractivity contribution in [2.75, 3.05) is 10.6 Å². The number of para-hydroxylation sites is 2. The van der Waals surface area contributed by atoms with Crippen molar-refractivity contribution in [2.24, 2.45) is 0 Å². The number of ether oxygens (including phenoxy) is 1. The molecule has 0 aliphatic carbocycles. The van der Waals surface area contributed by atoms with Crippen molar-refractivity contribution >= 4 is 28.9 Å². The number of nitrogens with zero attached hydrogens (tertiary/aromatic N) is 1. The number of pyridine rings is 1. The van der Waals surface area contributed by atoms with Crippen LogP contribution in [0, 0.1) is 0 Å². The molecule has 0 saturated heterocycles. The Hall–Kier alpha value is -3.67. The highest BCUT2D eigenvalue weighted by Crippen LogP contribution is 2.26. The maximum Gasteiger partial charge on any atom is 0.255 e. The van der Waals surface area contributed by atoms with E-state index in [0.717, 1.165) is 5.69 Å². The second-order valence-corrected chi connectivity index (χ2v) is 6.81. The average Bonchev–Trinajstić information content (AvgIpc) is 2.69. The summed E-state index contributed by atoms with van der Waals surface area (Å²) in [5, 5.41) is 6.03. The van der Waals surface area contributed by atoms with Crippen LogP contribution in [-0.4, -0.2) is 22.8 Å². The SMILES string of the molecule is CC(=O)c1ccc(Nc2cc(C(=O)Nc3ccccc3OC(C)C)ccn2)cc1. The summed E-state index contributed by atoms with van der Waals surface area (Å²) in [4.78, 5) is 28.4. The van der Waals surface area contributed by atoms with Gasteiger partial charge in [0.1, 0.15) is 11.6 Å². The van der Waals surface area contributed by atoms with Gasteiger partial charge < -0.3 is 15.4 Å². The van der Waals surface area contributed by atoms with Crippen molar-refractivity contribution in [1.29, 1.82) is 0 Å². The van der Waals surface area contributed by atoms with Gasteiger partial charge in [-0.25, -0.2) is 4.98 Å². The first kappa shape index (κ1) is 20.1. The average molecular weight is 389 g/mol. The predicted molar refractivity (Wildman–Crippen MR) is 114 cm³/mol. The highest BCUT2D eigenvalue weighted by molar-refractivity contribution is 6.05. The largest absolute Gasteiger partial charge is 0.489 e. The third kappa shape index (κ3) is 5.42. The van der Waals surface area contributed by atoms with Crippen LogP contribution in [0.3, 0.4) is 0 Å². The molecule has 0 saturated carbocycles. The van der Waals surface area contributed by atoms with Gasteiger partial charge in [-0.2, -0.15) is 0 Å². The van der Waals surface area contributed by atoms with Gasteiger partial charge in [-0.15, -0.1) is 0 Å². The second kappa shape index (κ2) is 9.01. The zero-order valence-corrected chi connectivity index (χ0v) is 16.6. The van der Waals surface area contributed by atoms with Crippen molar-refractivity contribution in [3.05, 3.63) is 78.0 Å². The number of benzene rings is 2. The normalized spacial score (nSPS) is 10.5. The lowest BCUT2D eigenvalue weighted by atomic mass is 10.1. The molecule has 0 fully saturated rings. The maximum absolute atomic E-state index is 12.7. The summed E-state index contributed by atoms with van der Waals surface area (Å²) in [6.45, 7) is 5.39. The van der Waals surface area contributed by atoms with E-state index >= 15 is 0 Å². The smallest absolute Gasteiger partial charge is 0.255 e. The number of carbonyl (C=O) groups excluding carboxylic acids is 2. The Morgan fingerprint density at radius 2 is 1.69 bits per heavy atom. The molecule has 0 unspecified atom stereocenters. The summed E-state index contributed by atoms with van der Waals surface area (Å²) in [5.41, 5.74) is 2.48. The quantitative estimate of drug-likeness (QED) is 0.552. The lowest BCUT2D eigenvalue weighted by molar-refractivity contribution is 0.101. The van der Waals surface area contributed by atoms with Crippen molar-refractivity contribution < 1.29 is 14.3 Å². The molecular weight excluding hydrogens is 366 g/mol. The summed E-state index contributed by atoms with van der Waals surface area (Å²) in [6, 6.07) is 17.7. The third-order valence-corrected chi connectivity index (χ3v) is 4.08. The Morgan fingerprint density at radius 1 is 0.966 bits per heavy atom. The van der Waals surface area contributed by atoms with Crippen LogP contribution in [0.2, 0.25) is 0 Å². The van der Waals surface area contributed by atoms with Crippen molar-refractivity contribution in [2.45, 2.75) is 26.9 Å². The standard InChI is InChI=1S/C23H23N3O3/c1-15(2)29-21-7-5-4-6-20(21)26-23(28)18-12-13-24-22(14-18)25-19-10-8-17(9-11-19)16(3)27/h4-15H,1-3H3,(H,24,25)(H,26,28). The highest BCUT2D eigenvalue weighted by Gasteiger charge is 2.12. The fourth-order valence-electron chi connectivity index (χ4n) is 2.70. The Kier molecular flexibility index (Phi) is 6.24. The van der Waals surface area contributed by atoms with Crippen molar-refractivity contribution in [3.8, 4) is 5.75 Å². The van der Waals surface area contributed by atoms with Crippen LogP contribution >= 0.6 is 0 Å². The number of Topliss-reactive ketones (excluding diaryl/α,β-unsaturated/α-hetero) is 1. The Balaban J connectivity index is 1.74. The van der Waals surface area contributed by atoms with E-state index < -0.39 is 0 Å². The highest BCUT2D eigenvalue weighted by atomic mass is 16.5. The fourth-order valence-corrected chi connectivity index (χ4v) is 2.70. The van der Waals surface area contributed by atoms with E-state index in [9.17, 15) is 9.59 Å². The first-order chi connectivity index (χ1) is 13.9. The first-order valence-electron chi connectivity index (χ1n) is 9.33. The Morgan fingerprint density at radius 3 is 2.38 bits per heavy atom. The number of hydrogen-bond acceptors (Lipinski definition) is 5. The molecule has 29 heavy (non-hydrogen) atoms. The molecule has 0 spiro atoms. The number of anilines is 3. The molecule has 1 heterocycles. The predicted octanol–water partition coefficient (Wildman–Crippen LogP) is 5.07. The molecule has 3 aromatic rings. The lowest BCUT2D eigenvalue weighted by Gasteiger charge is -2.15. The van der Waals surface area contributed by atoms with E-state index in [-0.39, 0.29) is 17.8 Å². The van der Waals surface area contributed by atoms with Gasteiger partial charge in [-0.3, -0.25) is 9.59 Å². The summed E-state index contributed by atoms with van der Waals surface area (Å²) in [7, 11) is 0. The molecule has 0 aliphatic rings. The lowest BCUT2D eigenvalue weighted by Crippen LogP contribution is -2.14. The Labute approximate surface area is 169 Å². The van der Waals surface area contributed by atoms with Crippen LogP contribution < -0.4 is 15.4 Å². The topological polar surface area (TPSA) is 80.3 Å². The molecular formula is C23H23N3O3. The molecule has 0 atom stereocenters. The van der Waals surface area contributed by atoms with Crippen LogP contribution in [0.1, 0.15) is 41.5 Å². The van der Waals surface area contributed by atoms with Crippen LogP contribution in [-0.2, 0) is 0 Å². The third-order valence-electron chi connectivity index (χ3n) is 4.08. The number of aromatic nitrogens is 1. The molecule has 0 bridgehead atoms. The van der Waals surface area contributed by atoms with Gasteiger partial charge in [-0.1, -0.05) is 12.1 Å². The summed E-state index contributed by atoms with van der Waals surface area (Å²) in [6.07, 6.45) is 1.57. The Bertz CT molecular complexity index is 1010. The molecule has 6 heteroatoms. The first-order valence-corrected chi connectivity index (χ1v) is 9.33. The van der Waals surface area contributed by atoms with Crippen molar-refractivity contribution in [3.63, 3.8) is 0 Å². The van der Waals surface area contributed by atoms with E-state index in [1.807, 2.05) is 32.0 Å². The molecule has 2 aromatic carbocycles. The number of rotatable bonds is 7. The van der Waals surface area contributed by atoms with Crippen LogP contribution in [0.4, 0.5) is 17.2 Å². The molecule has 0 aliphatic heterocycles. The fraction of sp³-hybridized carbons (Fsp3) is 0.174. The summed E-state index contributed by atoms with van der Waals surface area (Å²) in [5.74, 6) is 0.894. The second-order valence-electron chi connectivity index (χ2n) is 6.81. The van der Waals surface area contributed by atoms with Gasteiger partial charge in [0.15, 0.2) is 5.78 Å². The number of nitrogens with one attached hydrogen (secondary N) is 2. The van der Waals surface area contributed by atoms with Gasteiger partial charge in [0, 0.05) is 23.0 Å². The molecule has 2 N–H and O–H groups in total. The van der Waals surface area contributed by atoms with Gasteiger partial charge in [-0.05, 0) is 69.3 Å².